The second-order valence-corrected chi connectivity index (χ2v) is 10.5. The molecule has 36 heavy (non-hydrogen) atoms. The van der Waals surface area contributed by atoms with Crippen LogP contribution in [0.4, 0.5) is 0 Å². The van der Waals surface area contributed by atoms with Gasteiger partial charge in [-0.05, 0) is 70.5 Å². The Morgan fingerprint density at radius 2 is 1.78 bits per heavy atom. The number of aromatic nitrogens is 2. The summed E-state index contributed by atoms with van der Waals surface area (Å²) in [5.41, 5.74) is 2.44. The molecular weight excluding hydrogens is 458 g/mol. The van der Waals surface area contributed by atoms with Crippen LogP contribution in [0.5, 0.6) is 0 Å². The zero-order valence-electron chi connectivity index (χ0n) is 22.3. The smallest absolute Gasteiger partial charge is 0.341 e. The van der Waals surface area contributed by atoms with Crippen LogP contribution in [0, 0.1) is 18.3 Å². The Morgan fingerprint density at radius 1 is 1.14 bits per heavy atom. The van der Waals surface area contributed by atoms with Crippen molar-refractivity contribution in [3.8, 4) is 5.69 Å². The summed E-state index contributed by atoms with van der Waals surface area (Å²) in [6.07, 6.45) is 2.82. The van der Waals surface area contributed by atoms with E-state index in [1.54, 1.807) is 23.7 Å². The molecule has 0 saturated carbocycles. The van der Waals surface area contributed by atoms with Gasteiger partial charge in [-0.3, -0.25) is 9.59 Å². The Labute approximate surface area is 213 Å². The largest absolute Gasteiger partial charge is 0.462 e. The van der Waals surface area contributed by atoms with Gasteiger partial charge in [0.1, 0.15) is 5.56 Å². The molecule has 9 nitrogen and oxygen atoms in total. The van der Waals surface area contributed by atoms with Gasteiger partial charge in [-0.2, -0.15) is 5.10 Å². The SMILES string of the molecule is CCOC(=O)c1cnn(-c2ccc(C(=O)N3CCC(C(=O)NCC(C)(C)CN(C)C)CC3)cc2)c1C. The van der Waals surface area contributed by atoms with Gasteiger partial charge in [0.15, 0.2) is 0 Å². The molecule has 2 amide bonds. The number of ether oxygens (including phenoxy) is 1. The van der Waals surface area contributed by atoms with Gasteiger partial charge >= 0.3 is 5.97 Å². The third-order valence-corrected chi connectivity index (χ3v) is 6.50. The molecule has 1 aliphatic rings. The molecule has 3 rings (SSSR count). The van der Waals surface area contributed by atoms with Crippen LogP contribution in [0.3, 0.4) is 0 Å². The number of benzene rings is 1. The van der Waals surface area contributed by atoms with E-state index in [2.05, 4.69) is 29.2 Å². The summed E-state index contributed by atoms with van der Waals surface area (Å²) >= 11 is 0. The van der Waals surface area contributed by atoms with Crippen molar-refractivity contribution in [1.29, 1.82) is 0 Å². The van der Waals surface area contributed by atoms with Crippen molar-refractivity contribution in [2.45, 2.75) is 40.5 Å². The van der Waals surface area contributed by atoms with Gasteiger partial charge < -0.3 is 19.9 Å². The molecular formula is C27H39N5O4. The first-order valence-electron chi connectivity index (χ1n) is 12.6. The number of rotatable bonds is 9. The Kier molecular flexibility index (Phi) is 8.89. The average Bonchev–Trinajstić information content (AvgIpc) is 3.23. The molecule has 1 N–H and O–H groups in total. The first kappa shape index (κ1) is 27.4. The fourth-order valence-electron chi connectivity index (χ4n) is 4.73. The van der Waals surface area contributed by atoms with Gasteiger partial charge in [-0.25, -0.2) is 9.48 Å². The maximum Gasteiger partial charge on any atom is 0.341 e. The molecule has 1 aromatic carbocycles. The highest BCUT2D eigenvalue weighted by Crippen LogP contribution is 2.22. The number of carbonyl (C=O) groups is 3. The summed E-state index contributed by atoms with van der Waals surface area (Å²) in [6.45, 7) is 10.8. The van der Waals surface area contributed by atoms with Crippen molar-refractivity contribution in [2.24, 2.45) is 11.3 Å². The predicted octanol–water partition coefficient (Wildman–Crippen LogP) is 2.91. The highest BCUT2D eigenvalue weighted by molar-refractivity contribution is 5.94. The van der Waals surface area contributed by atoms with E-state index in [9.17, 15) is 14.4 Å². The van der Waals surface area contributed by atoms with Crippen LogP contribution in [0.1, 0.15) is 60.0 Å². The number of piperidine rings is 1. The molecule has 196 valence electrons. The zero-order chi connectivity index (χ0) is 26.5. The number of hydrogen-bond donors (Lipinski definition) is 1. The standard InChI is InChI=1S/C27H39N5O4/c1-7-36-26(35)23-16-29-32(19(23)2)22-10-8-21(9-11-22)25(34)31-14-12-20(13-15-31)24(33)28-17-27(3,4)18-30(5)6/h8-11,16,20H,7,12-15,17-18H2,1-6H3,(H,28,33). The van der Waals surface area contributed by atoms with E-state index in [1.165, 1.54) is 6.20 Å². The molecule has 0 unspecified atom stereocenters. The second-order valence-electron chi connectivity index (χ2n) is 10.5. The van der Waals surface area contributed by atoms with Crippen molar-refractivity contribution in [3.05, 3.63) is 47.3 Å². The van der Waals surface area contributed by atoms with Crippen molar-refractivity contribution in [3.63, 3.8) is 0 Å². The Morgan fingerprint density at radius 3 is 2.36 bits per heavy atom. The van der Waals surface area contributed by atoms with Gasteiger partial charge in [0.25, 0.3) is 5.91 Å². The van der Waals surface area contributed by atoms with Gasteiger partial charge in [-0.15, -0.1) is 0 Å². The second kappa shape index (κ2) is 11.7. The van der Waals surface area contributed by atoms with Gasteiger partial charge in [0.2, 0.25) is 5.91 Å². The van der Waals surface area contributed by atoms with Crippen molar-refractivity contribution in [2.75, 3.05) is 46.9 Å². The number of hydrogen-bond acceptors (Lipinski definition) is 6. The Balaban J connectivity index is 1.55. The predicted molar refractivity (Wildman–Crippen MR) is 138 cm³/mol. The number of carbonyl (C=O) groups excluding carboxylic acids is 3. The molecule has 0 radical (unpaired) electrons. The number of amides is 2. The van der Waals surface area contributed by atoms with Crippen LogP contribution in [0.2, 0.25) is 0 Å². The molecule has 0 aliphatic carbocycles. The van der Waals surface area contributed by atoms with Crippen LogP contribution < -0.4 is 5.32 Å². The highest BCUT2D eigenvalue weighted by atomic mass is 16.5. The minimum Gasteiger partial charge on any atom is -0.462 e. The summed E-state index contributed by atoms with van der Waals surface area (Å²) in [7, 11) is 4.06. The van der Waals surface area contributed by atoms with Gasteiger partial charge in [0.05, 0.1) is 24.2 Å². The highest BCUT2D eigenvalue weighted by Gasteiger charge is 2.29. The van der Waals surface area contributed by atoms with Gasteiger partial charge in [0, 0.05) is 37.7 Å². The molecule has 1 aliphatic heterocycles. The number of likely N-dealkylation sites (tertiary alicyclic amines) is 1. The lowest BCUT2D eigenvalue weighted by Gasteiger charge is -2.33. The minimum absolute atomic E-state index is 0.00289. The van der Waals surface area contributed by atoms with E-state index in [0.29, 0.717) is 55.9 Å². The fraction of sp³-hybridized carbons (Fsp3) is 0.556. The van der Waals surface area contributed by atoms with Crippen molar-refractivity contribution in [1.82, 2.24) is 24.9 Å². The van der Waals surface area contributed by atoms with Crippen LogP contribution in [-0.2, 0) is 9.53 Å². The zero-order valence-corrected chi connectivity index (χ0v) is 22.3. The monoisotopic (exact) mass is 497 g/mol. The molecule has 1 fully saturated rings. The average molecular weight is 498 g/mol. The van der Waals surface area contributed by atoms with E-state index in [0.717, 1.165) is 12.2 Å². The van der Waals surface area contributed by atoms with Crippen LogP contribution in [-0.4, -0.2) is 84.2 Å². The maximum atomic E-state index is 13.1. The topological polar surface area (TPSA) is 96.8 Å². The summed E-state index contributed by atoms with van der Waals surface area (Å²) < 4.78 is 6.73. The lowest BCUT2D eigenvalue weighted by atomic mass is 9.91. The quantitative estimate of drug-likeness (QED) is 0.535. The summed E-state index contributed by atoms with van der Waals surface area (Å²) in [6, 6.07) is 7.18. The van der Waals surface area contributed by atoms with E-state index >= 15 is 0 Å². The van der Waals surface area contributed by atoms with E-state index in [-0.39, 0.29) is 23.1 Å². The first-order valence-corrected chi connectivity index (χ1v) is 12.6. The van der Waals surface area contributed by atoms with E-state index in [4.69, 9.17) is 4.74 Å². The van der Waals surface area contributed by atoms with E-state index < -0.39 is 5.97 Å². The van der Waals surface area contributed by atoms with Crippen LogP contribution in [0.25, 0.3) is 5.69 Å². The lowest BCUT2D eigenvalue weighted by Crippen LogP contribution is -2.46. The van der Waals surface area contributed by atoms with Crippen LogP contribution in [0.15, 0.2) is 30.5 Å². The summed E-state index contributed by atoms with van der Waals surface area (Å²) in [5.74, 6) is -0.433. The summed E-state index contributed by atoms with van der Waals surface area (Å²) in [5, 5.41) is 7.41. The van der Waals surface area contributed by atoms with Crippen LogP contribution >= 0.6 is 0 Å². The maximum absolute atomic E-state index is 13.1. The molecule has 0 atom stereocenters. The fourth-order valence-corrected chi connectivity index (χ4v) is 4.73. The molecule has 2 aromatic rings. The Bertz CT molecular complexity index is 1070. The molecule has 1 saturated heterocycles. The summed E-state index contributed by atoms with van der Waals surface area (Å²) in [4.78, 5) is 41.7. The van der Waals surface area contributed by atoms with Crippen molar-refractivity contribution < 1.29 is 19.1 Å². The number of nitrogens with one attached hydrogen (secondary N) is 1. The molecule has 0 bridgehead atoms. The third kappa shape index (κ3) is 6.72. The van der Waals surface area contributed by atoms with Crippen molar-refractivity contribution >= 4 is 17.8 Å². The normalized spacial score (nSPS) is 14.7. The third-order valence-electron chi connectivity index (χ3n) is 6.50. The molecule has 2 heterocycles. The first-order chi connectivity index (χ1) is 17.0. The van der Waals surface area contributed by atoms with Gasteiger partial charge in [-0.1, -0.05) is 13.8 Å². The minimum atomic E-state index is -0.401. The lowest BCUT2D eigenvalue weighted by molar-refractivity contribution is -0.126. The molecule has 1 aromatic heterocycles. The van der Waals surface area contributed by atoms with E-state index in [1.807, 2.05) is 38.1 Å². The molecule has 9 heteroatoms. The number of esters is 1. The molecule has 0 spiro atoms. The number of nitrogens with zero attached hydrogens (tertiary/aromatic N) is 4. The Hall–Kier alpha value is -3.20.